The summed E-state index contributed by atoms with van der Waals surface area (Å²) >= 11 is 1.37. The second-order valence-corrected chi connectivity index (χ2v) is 5.08. The van der Waals surface area contributed by atoms with Crippen molar-refractivity contribution in [3.63, 3.8) is 0 Å². The minimum Gasteiger partial charge on any atom is -0.495 e. The number of thiophene rings is 1. The van der Waals surface area contributed by atoms with Gasteiger partial charge in [0.15, 0.2) is 0 Å². The van der Waals surface area contributed by atoms with Gasteiger partial charge in [-0.05, 0) is 42.0 Å². The first-order chi connectivity index (χ1) is 8.08. The van der Waals surface area contributed by atoms with Crippen molar-refractivity contribution < 1.29 is 14.8 Å². The van der Waals surface area contributed by atoms with Crippen molar-refractivity contribution in [2.24, 2.45) is 0 Å². The fourth-order valence-electron chi connectivity index (χ4n) is 2.13. The predicted molar refractivity (Wildman–Crippen MR) is 72.3 cm³/mol. The van der Waals surface area contributed by atoms with Crippen LogP contribution in [0.25, 0.3) is 10.1 Å². The van der Waals surface area contributed by atoms with Crippen molar-refractivity contribution >= 4 is 33.3 Å². The Hall–Kier alpha value is -1.04. The third kappa shape index (κ3) is 2.06. The van der Waals surface area contributed by atoms with E-state index in [1.54, 1.807) is 7.11 Å². The van der Waals surface area contributed by atoms with Gasteiger partial charge in [-0.1, -0.05) is 6.92 Å². The van der Waals surface area contributed by atoms with Gasteiger partial charge in [-0.25, -0.2) is 0 Å². The Morgan fingerprint density at radius 2 is 2.06 bits per heavy atom. The molecule has 2 aromatic rings. The number of rotatable bonds is 3. The lowest BCUT2D eigenvalue weighted by molar-refractivity contribution is 0.420. The van der Waals surface area contributed by atoms with E-state index in [9.17, 15) is 10.0 Å². The number of hydrogen-bond donors (Lipinski definition) is 2. The maximum absolute atomic E-state index is 9.25. The van der Waals surface area contributed by atoms with Crippen molar-refractivity contribution in [3.05, 3.63) is 23.3 Å². The third-order valence-electron chi connectivity index (χ3n) is 2.95. The molecular weight excluding hydrogens is 235 g/mol. The van der Waals surface area contributed by atoms with Gasteiger partial charge in [0.2, 0.25) is 0 Å². The first-order valence-electron chi connectivity index (χ1n) is 5.54. The second-order valence-electron chi connectivity index (χ2n) is 3.99. The van der Waals surface area contributed by atoms with Gasteiger partial charge >= 0.3 is 7.12 Å². The Bertz CT molecular complexity index is 548. The van der Waals surface area contributed by atoms with E-state index >= 15 is 0 Å². The molecule has 0 aliphatic carbocycles. The lowest BCUT2D eigenvalue weighted by atomic mass is 9.88. The van der Waals surface area contributed by atoms with Crippen LogP contribution in [0.4, 0.5) is 0 Å². The molecule has 1 aromatic heterocycles. The highest BCUT2D eigenvalue weighted by molar-refractivity contribution is 7.28. The molecule has 0 amide bonds. The van der Waals surface area contributed by atoms with E-state index in [1.807, 2.05) is 19.1 Å². The quantitative estimate of drug-likeness (QED) is 0.811. The molecule has 0 fully saturated rings. The SMILES string of the molecule is CCc1c(C)cc(OC)c2sc(B(O)O)cc12. The normalized spacial score (nSPS) is 10.9. The van der Waals surface area contributed by atoms with Crippen LogP contribution in [-0.2, 0) is 6.42 Å². The largest absolute Gasteiger partial charge is 0.499 e. The molecule has 0 bridgehead atoms. The lowest BCUT2D eigenvalue weighted by Gasteiger charge is -2.09. The molecular formula is C12H15BO3S. The third-order valence-corrected chi connectivity index (χ3v) is 4.14. The monoisotopic (exact) mass is 250 g/mol. The van der Waals surface area contributed by atoms with Crippen LogP contribution in [0.15, 0.2) is 12.1 Å². The molecule has 0 atom stereocenters. The predicted octanol–water partition coefficient (Wildman–Crippen LogP) is 1.46. The molecule has 1 heterocycles. The first kappa shape index (κ1) is 12.4. The van der Waals surface area contributed by atoms with Crippen LogP contribution < -0.4 is 9.51 Å². The molecule has 2 N–H and O–H groups in total. The fourth-order valence-corrected chi connectivity index (χ4v) is 3.18. The lowest BCUT2D eigenvalue weighted by Crippen LogP contribution is -2.26. The van der Waals surface area contributed by atoms with Gasteiger partial charge in [0.1, 0.15) is 5.75 Å². The van der Waals surface area contributed by atoms with Crippen molar-refractivity contribution in [3.8, 4) is 5.75 Å². The average molecular weight is 250 g/mol. The molecule has 0 radical (unpaired) electrons. The minimum absolute atomic E-state index is 0.554. The van der Waals surface area contributed by atoms with Crippen molar-refractivity contribution in [1.82, 2.24) is 0 Å². The number of hydrogen-bond acceptors (Lipinski definition) is 4. The van der Waals surface area contributed by atoms with Crippen LogP contribution in [0.1, 0.15) is 18.1 Å². The summed E-state index contributed by atoms with van der Waals surface area (Å²) in [7, 11) is 0.219. The second kappa shape index (κ2) is 4.68. The Balaban J connectivity index is 2.78. The Morgan fingerprint density at radius 1 is 1.35 bits per heavy atom. The average Bonchev–Trinajstić information content (AvgIpc) is 2.72. The standard InChI is InChI=1S/C12H15BO3S/c1-4-8-7(2)5-10(16-3)12-9(8)6-11(17-12)13(14)15/h5-6,14-15H,4H2,1-3H3. The Labute approximate surface area is 105 Å². The van der Waals surface area contributed by atoms with Gasteiger partial charge in [0.05, 0.1) is 11.8 Å². The van der Waals surface area contributed by atoms with Crippen LogP contribution >= 0.6 is 11.3 Å². The Morgan fingerprint density at radius 3 is 2.59 bits per heavy atom. The number of ether oxygens (including phenoxy) is 1. The molecule has 1 aromatic carbocycles. The number of fused-ring (bicyclic) bond motifs is 1. The van der Waals surface area contributed by atoms with E-state index in [1.165, 1.54) is 22.5 Å². The van der Waals surface area contributed by atoms with Crippen LogP contribution in [0.5, 0.6) is 5.75 Å². The smallest absolute Gasteiger partial charge is 0.495 e. The van der Waals surface area contributed by atoms with Gasteiger partial charge in [-0.3, -0.25) is 0 Å². The molecule has 0 saturated heterocycles. The number of methoxy groups -OCH3 is 1. The van der Waals surface area contributed by atoms with Gasteiger partial charge in [0.25, 0.3) is 0 Å². The van der Waals surface area contributed by atoms with Gasteiger partial charge < -0.3 is 14.8 Å². The minimum atomic E-state index is -1.41. The van der Waals surface area contributed by atoms with E-state index in [0.717, 1.165) is 22.3 Å². The van der Waals surface area contributed by atoms with E-state index in [-0.39, 0.29) is 0 Å². The molecule has 90 valence electrons. The van der Waals surface area contributed by atoms with E-state index in [2.05, 4.69) is 6.92 Å². The summed E-state index contributed by atoms with van der Waals surface area (Å²) in [4.78, 5) is 0. The highest BCUT2D eigenvalue weighted by Crippen LogP contribution is 2.34. The topological polar surface area (TPSA) is 49.7 Å². The van der Waals surface area contributed by atoms with Crippen LogP contribution in [0, 0.1) is 6.92 Å². The zero-order chi connectivity index (χ0) is 12.6. The van der Waals surface area contributed by atoms with Crippen molar-refractivity contribution in [2.45, 2.75) is 20.3 Å². The fraction of sp³-hybridized carbons (Fsp3) is 0.333. The van der Waals surface area contributed by atoms with Crippen LogP contribution in [0.3, 0.4) is 0 Å². The first-order valence-corrected chi connectivity index (χ1v) is 6.36. The molecule has 0 unspecified atom stereocenters. The zero-order valence-corrected chi connectivity index (χ0v) is 11.0. The number of aryl methyl sites for hydroxylation is 2. The summed E-state index contributed by atoms with van der Waals surface area (Å²) in [5, 5.41) is 19.6. The summed E-state index contributed by atoms with van der Waals surface area (Å²) < 4.78 is 6.89. The Kier molecular flexibility index (Phi) is 3.42. The molecule has 3 nitrogen and oxygen atoms in total. The molecule has 2 rings (SSSR count). The molecule has 0 saturated carbocycles. The zero-order valence-electron chi connectivity index (χ0n) is 10.2. The van der Waals surface area contributed by atoms with E-state index in [0.29, 0.717) is 4.78 Å². The summed E-state index contributed by atoms with van der Waals surface area (Å²) in [5.41, 5.74) is 2.41. The van der Waals surface area contributed by atoms with Gasteiger partial charge in [-0.15, -0.1) is 11.3 Å². The molecule has 5 heteroatoms. The summed E-state index contributed by atoms with van der Waals surface area (Å²) in [6.45, 7) is 4.15. The summed E-state index contributed by atoms with van der Waals surface area (Å²) in [6, 6.07) is 3.85. The maximum Gasteiger partial charge on any atom is 0.499 e. The van der Waals surface area contributed by atoms with E-state index < -0.39 is 7.12 Å². The highest BCUT2D eigenvalue weighted by Gasteiger charge is 2.19. The maximum atomic E-state index is 9.25. The highest BCUT2D eigenvalue weighted by atomic mass is 32.1. The number of benzene rings is 1. The summed E-state index contributed by atoms with van der Waals surface area (Å²) in [6.07, 6.45) is 0.921. The van der Waals surface area contributed by atoms with Gasteiger partial charge in [0, 0.05) is 4.78 Å². The van der Waals surface area contributed by atoms with Gasteiger partial charge in [-0.2, -0.15) is 0 Å². The molecule has 0 spiro atoms. The van der Waals surface area contributed by atoms with Crippen LogP contribution in [-0.4, -0.2) is 24.3 Å². The molecule has 17 heavy (non-hydrogen) atoms. The van der Waals surface area contributed by atoms with Crippen molar-refractivity contribution in [2.75, 3.05) is 7.11 Å². The summed E-state index contributed by atoms with van der Waals surface area (Å²) in [5.74, 6) is 0.798. The molecule has 0 aliphatic heterocycles. The van der Waals surface area contributed by atoms with Crippen molar-refractivity contribution in [1.29, 1.82) is 0 Å². The van der Waals surface area contributed by atoms with Crippen LogP contribution in [0.2, 0.25) is 0 Å². The van der Waals surface area contributed by atoms with E-state index in [4.69, 9.17) is 4.74 Å². The molecule has 0 aliphatic rings.